The van der Waals surface area contributed by atoms with Crippen molar-refractivity contribution >= 4 is 22.4 Å². The number of fused-ring (bicyclic) bond motifs is 1. The summed E-state index contributed by atoms with van der Waals surface area (Å²) in [5.74, 6) is 0.395. The van der Waals surface area contributed by atoms with Gasteiger partial charge in [-0.05, 0) is 42.8 Å². The average molecular weight is 454 g/mol. The van der Waals surface area contributed by atoms with E-state index < -0.39 is 11.7 Å². The summed E-state index contributed by atoms with van der Waals surface area (Å²) in [5.41, 5.74) is 1.36. The number of aromatic nitrogens is 2. The summed E-state index contributed by atoms with van der Waals surface area (Å²) in [6.45, 7) is 1.78. The maximum absolute atomic E-state index is 13.6. The molecule has 0 aliphatic heterocycles. The highest BCUT2D eigenvalue weighted by atomic mass is 19.4. The lowest BCUT2D eigenvalue weighted by molar-refractivity contribution is -0.137. The molecule has 4 aromatic rings. The van der Waals surface area contributed by atoms with Gasteiger partial charge in [0.05, 0.1) is 17.2 Å². The first-order valence-corrected chi connectivity index (χ1v) is 10.00. The Bertz CT molecular complexity index is 1320. The highest BCUT2D eigenvalue weighted by Gasteiger charge is 2.30. The molecule has 1 atom stereocenters. The first-order chi connectivity index (χ1) is 15.7. The van der Waals surface area contributed by atoms with Crippen molar-refractivity contribution in [1.29, 1.82) is 5.26 Å². The zero-order valence-electron chi connectivity index (χ0n) is 17.4. The van der Waals surface area contributed by atoms with Crippen molar-refractivity contribution in [3.8, 4) is 11.8 Å². The average Bonchev–Trinajstić information content (AvgIpc) is 3.13. The van der Waals surface area contributed by atoms with Crippen LogP contribution >= 0.6 is 0 Å². The van der Waals surface area contributed by atoms with Crippen molar-refractivity contribution in [1.82, 2.24) is 9.97 Å². The van der Waals surface area contributed by atoms with Gasteiger partial charge in [-0.3, -0.25) is 0 Å². The number of anilines is 2. The second kappa shape index (κ2) is 8.82. The predicted octanol–water partition coefficient (Wildman–Crippen LogP) is 6.35. The summed E-state index contributed by atoms with van der Waals surface area (Å²) in [6.07, 6.45) is -3.11. The normalized spacial score (nSPS) is 12.4. The second-order valence-electron chi connectivity index (χ2n) is 7.53. The molecule has 2 aromatic heterocycles. The molecule has 5 nitrogen and oxygen atoms in total. The standard InChI is InChI=1S/C24H18F4N4O/c1-14(8-15-2-4-16(5-3-15)24(26,27)28)33-19-9-18(12-29)32-23(11-19)31-17-6-7-20-21(25)13-30-22(20)10-17/h2-7,9-11,13-14,30H,8H2,1H3,(H,31,32). The number of rotatable bonds is 6. The number of nitrogens with one attached hydrogen (secondary N) is 2. The predicted molar refractivity (Wildman–Crippen MR) is 116 cm³/mol. The number of hydrogen-bond acceptors (Lipinski definition) is 4. The second-order valence-corrected chi connectivity index (χ2v) is 7.53. The number of benzene rings is 2. The van der Waals surface area contributed by atoms with E-state index in [2.05, 4.69) is 15.3 Å². The van der Waals surface area contributed by atoms with Crippen molar-refractivity contribution in [3.63, 3.8) is 0 Å². The molecule has 2 aromatic carbocycles. The van der Waals surface area contributed by atoms with Crippen LogP contribution in [0.25, 0.3) is 10.9 Å². The van der Waals surface area contributed by atoms with E-state index in [0.717, 1.165) is 12.1 Å². The fraction of sp³-hybridized carbons (Fsp3) is 0.167. The third-order valence-corrected chi connectivity index (χ3v) is 4.96. The Balaban J connectivity index is 1.48. The molecule has 0 aliphatic rings. The lowest BCUT2D eigenvalue weighted by Crippen LogP contribution is -2.15. The lowest BCUT2D eigenvalue weighted by Gasteiger charge is -2.16. The molecule has 1 unspecified atom stereocenters. The van der Waals surface area contributed by atoms with E-state index in [1.165, 1.54) is 24.4 Å². The molecule has 0 radical (unpaired) electrons. The Labute approximate surface area is 186 Å². The maximum Gasteiger partial charge on any atom is 0.416 e. The van der Waals surface area contributed by atoms with Crippen molar-refractivity contribution in [2.24, 2.45) is 0 Å². The van der Waals surface area contributed by atoms with Gasteiger partial charge in [0.1, 0.15) is 29.1 Å². The number of ether oxygens (including phenoxy) is 1. The van der Waals surface area contributed by atoms with Gasteiger partial charge >= 0.3 is 6.18 Å². The summed E-state index contributed by atoms with van der Waals surface area (Å²) in [5, 5.41) is 12.9. The van der Waals surface area contributed by atoms with Gasteiger partial charge in [-0.1, -0.05) is 12.1 Å². The van der Waals surface area contributed by atoms with Crippen molar-refractivity contribution in [2.75, 3.05) is 5.32 Å². The van der Waals surface area contributed by atoms with Crippen molar-refractivity contribution in [2.45, 2.75) is 25.6 Å². The van der Waals surface area contributed by atoms with Crippen LogP contribution in [0.3, 0.4) is 0 Å². The van der Waals surface area contributed by atoms with Gasteiger partial charge < -0.3 is 15.0 Å². The van der Waals surface area contributed by atoms with Crippen LogP contribution in [0.15, 0.2) is 60.8 Å². The van der Waals surface area contributed by atoms with Crippen LogP contribution in [0, 0.1) is 17.1 Å². The van der Waals surface area contributed by atoms with Crippen LogP contribution in [0.1, 0.15) is 23.7 Å². The van der Waals surface area contributed by atoms with Crippen LogP contribution in [-0.4, -0.2) is 16.1 Å². The minimum atomic E-state index is -4.38. The van der Waals surface area contributed by atoms with Crippen molar-refractivity contribution < 1.29 is 22.3 Å². The summed E-state index contributed by atoms with van der Waals surface area (Å²) in [4.78, 5) is 7.05. The number of alkyl halides is 3. The summed E-state index contributed by atoms with van der Waals surface area (Å²) in [7, 11) is 0. The lowest BCUT2D eigenvalue weighted by atomic mass is 10.1. The molecule has 4 rings (SSSR count). The zero-order chi connectivity index (χ0) is 23.6. The highest BCUT2D eigenvalue weighted by Crippen LogP contribution is 2.30. The highest BCUT2D eigenvalue weighted by molar-refractivity contribution is 5.84. The SMILES string of the molecule is CC(Cc1ccc(C(F)(F)F)cc1)Oc1cc(C#N)nc(Nc2ccc3c(F)c[nH]c3c2)c1. The Morgan fingerprint density at radius 2 is 1.88 bits per heavy atom. The largest absolute Gasteiger partial charge is 0.490 e. The molecule has 0 spiro atoms. The van der Waals surface area contributed by atoms with E-state index in [-0.39, 0.29) is 17.6 Å². The van der Waals surface area contributed by atoms with E-state index >= 15 is 0 Å². The first-order valence-electron chi connectivity index (χ1n) is 10.00. The molecule has 0 fully saturated rings. The van der Waals surface area contributed by atoms with Crippen molar-refractivity contribution in [3.05, 3.63) is 83.4 Å². The number of pyridine rings is 1. The topological polar surface area (TPSA) is 73.7 Å². The van der Waals surface area contributed by atoms with E-state index in [1.807, 2.05) is 6.07 Å². The van der Waals surface area contributed by atoms with Gasteiger partial charge in [0.2, 0.25) is 0 Å². The first kappa shape index (κ1) is 22.1. The van der Waals surface area contributed by atoms with Gasteiger partial charge in [-0.15, -0.1) is 0 Å². The fourth-order valence-corrected chi connectivity index (χ4v) is 3.45. The van der Waals surface area contributed by atoms with Gasteiger partial charge in [-0.25, -0.2) is 9.37 Å². The quantitative estimate of drug-likeness (QED) is 0.333. The molecule has 0 bridgehead atoms. The number of hydrogen-bond donors (Lipinski definition) is 2. The smallest absolute Gasteiger partial charge is 0.416 e. The summed E-state index contributed by atoms with van der Waals surface area (Å²) in [6, 6.07) is 15.0. The molecule has 0 saturated carbocycles. The molecule has 2 heterocycles. The number of H-pyrrole nitrogens is 1. The number of nitriles is 1. The minimum Gasteiger partial charge on any atom is -0.490 e. The number of nitrogens with zero attached hydrogens (tertiary/aromatic N) is 2. The van der Waals surface area contributed by atoms with E-state index in [4.69, 9.17) is 4.74 Å². The van der Waals surface area contributed by atoms with E-state index in [9.17, 15) is 22.8 Å². The molecule has 0 amide bonds. The van der Waals surface area contributed by atoms with Gasteiger partial charge in [0.15, 0.2) is 0 Å². The molecular weight excluding hydrogens is 436 g/mol. The van der Waals surface area contributed by atoms with Gasteiger partial charge in [0.25, 0.3) is 0 Å². The van der Waals surface area contributed by atoms with Crippen LogP contribution in [0.5, 0.6) is 5.75 Å². The van der Waals surface area contributed by atoms with E-state index in [1.54, 1.807) is 31.2 Å². The Kier molecular flexibility index (Phi) is 5.92. The van der Waals surface area contributed by atoms with Gasteiger partial charge in [0, 0.05) is 35.8 Å². The molecule has 0 aliphatic carbocycles. The summed E-state index contributed by atoms with van der Waals surface area (Å²) >= 11 is 0. The Morgan fingerprint density at radius 1 is 1.12 bits per heavy atom. The maximum atomic E-state index is 13.6. The zero-order valence-corrected chi connectivity index (χ0v) is 17.4. The van der Waals surface area contributed by atoms with Gasteiger partial charge in [-0.2, -0.15) is 18.4 Å². The monoisotopic (exact) mass is 454 g/mol. The Hall–Kier alpha value is -4.06. The molecule has 33 heavy (non-hydrogen) atoms. The van der Waals surface area contributed by atoms with E-state index in [0.29, 0.717) is 40.1 Å². The Morgan fingerprint density at radius 3 is 2.58 bits per heavy atom. The van der Waals surface area contributed by atoms with Crippen LogP contribution < -0.4 is 10.1 Å². The molecule has 0 saturated heterocycles. The minimum absolute atomic E-state index is 0.128. The number of aromatic amines is 1. The summed E-state index contributed by atoms with van der Waals surface area (Å²) < 4.78 is 57.7. The van der Waals surface area contributed by atoms with Crippen LogP contribution in [0.4, 0.5) is 29.1 Å². The van der Waals surface area contributed by atoms with Crippen LogP contribution in [-0.2, 0) is 12.6 Å². The molecule has 168 valence electrons. The molecule has 2 N–H and O–H groups in total. The third kappa shape index (κ3) is 5.23. The molecular formula is C24H18F4N4O. The van der Waals surface area contributed by atoms with Crippen LogP contribution in [0.2, 0.25) is 0 Å². The molecule has 9 heteroatoms. The third-order valence-electron chi connectivity index (χ3n) is 4.96. The number of halogens is 4. The fourth-order valence-electron chi connectivity index (χ4n) is 3.45.